The molecule has 76 valence electrons. The van der Waals surface area contributed by atoms with E-state index in [0.717, 1.165) is 19.3 Å². The van der Waals surface area contributed by atoms with Gasteiger partial charge in [0, 0.05) is 6.04 Å². The Morgan fingerprint density at radius 1 is 1.62 bits per heavy atom. The third-order valence-electron chi connectivity index (χ3n) is 1.73. The molecule has 4 heteroatoms. The molecule has 0 bridgehead atoms. The van der Waals surface area contributed by atoms with E-state index in [-0.39, 0.29) is 23.4 Å². The second-order valence-corrected chi connectivity index (χ2v) is 3.78. The molecule has 0 radical (unpaired) electrons. The summed E-state index contributed by atoms with van der Waals surface area (Å²) >= 11 is 4.63. The molecule has 0 aromatic heterocycles. The Kier molecular flexibility index (Phi) is 6.49. The molecule has 0 saturated carbocycles. The van der Waals surface area contributed by atoms with Crippen LogP contribution in [0.1, 0.15) is 39.5 Å². The van der Waals surface area contributed by atoms with Gasteiger partial charge in [0.15, 0.2) is 0 Å². The lowest BCUT2D eigenvalue weighted by Crippen LogP contribution is -2.34. The molecular weight excluding hydrogens is 184 g/mol. The summed E-state index contributed by atoms with van der Waals surface area (Å²) in [6.07, 6.45) is 3.45. The summed E-state index contributed by atoms with van der Waals surface area (Å²) in [5, 5.41) is 2.84. The van der Waals surface area contributed by atoms with Gasteiger partial charge in [-0.2, -0.15) is 0 Å². The average molecular weight is 202 g/mol. The van der Waals surface area contributed by atoms with Gasteiger partial charge in [0.05, 0.1) is 11.4 Å². The Morgan fingerprint density at radius 3 is 2.69 bits per heavy atom. The second-order valence-electron chi connectivity index (χ2n) is 3.25. The van der Waals surface area contributed by atoms with E-state index in [9.17, 15) is 4.79 Å². The van der Waals surface area contributed by atoms with E-state index in [1.54, 1.807) is 0 Å². The number of hydrogen-bond donors (Lipinski definition) is 2. The minimum atomic E-state index is -0.0731. The summed E-state index contributed by atoms with van der Waals surface area (Å²) < 4.78 is 0. The van der Waals surface area contributed by atoms with Crippen LogP contribution in [0.2, 0.25) is 0 Å². The van der Waals surface area contributed by atoms with E-state index < -0.39 is 0 Å². The first-order valence-corrected chi connectivity index (χ1v) is 5.04. The zero-order chi connectivity index (χ0) is 10.3. The number of thiocarbonyl (C=S) groups is 1. The van der Waals surface area contributed by atoms with E-state index in [2.05, 4.69) is 24.5 Å². The molecule has 0 heterocycles. The van der Waals surface area contributed by atoms with Crippen LogP contribution in [0.5, 0.6) is 0 Å². The van der Waals surface area contributed by atoms with Crippen molar-refractivity contribution in [2.24, 2.45) is 5.73 Å². The SMILES string of the molecule is CCCCC(C)NC(=O)CC(N)=S. The van der Waals surface area contributed by atoms with Crippen molar-refractivity contribution in [2.75, 3.05) is 0 Å². The third kappa shape index (κ3) is 7.71. The van der Waals surface area contributed by atoms with Crippen LogP contribution in [0, 0.1) is 0 Å². The number of nitrogens with two attached hydrogens (primary N) is 1. The smallest absolute Gasteiger partial charge is 0.227 e. The van der Waals surface area contributed by atoms with Crippen molar-refractivity contribution < 1.29 is 4.79 Å². The molecule has 0 aliphatic rings. The van der Waals surface area contributed by atoms with Crippen molar-refractivity contribution in [1.82, 2.24) is 5.32 Å². The van der Waals surface area contributed by atoms with Crippen molar-refractivity contribution >= 4 is 23.1 Å². The van der Waals surface area contributed by atoms with Gasteiger partial charge in [-0.3, -0.25) is 4.79 Å². The van der Waals surface area contributed by atoms with Crippen LogP contribution < -0.4 is 11.1 Å². The van der Waals surface area contributed by atoms with Crippen molar-refractivity contribution in [3.8, 4) is 0 Å². The Hall–Kier alpha value is -0.640. The summed E-state index contributed by atoms with van der Waals surface area (Å²) in [6.45, 7) is 4.12. The van der Waals surface area contributed by atoms with Gasteiger partial charge in [0.2, 0.25) is 5.91 Å². The minimum Gasteiger partial charge on any atom is -0.393 e. The molecule has 1 unspecified atom stereocenters. The Balaban J connectivity index is 3.59. The number of carbonyl (C=O) groups excluding carboxylic acids is 1. The second kappa shape index (κ2) is 6.83. The van der Waals surface area contributed by atoms with Crippen LogP contribution in [0.15, 0.2) is 0 Å². The fraction of sp³-hybridized carbons (Fsp3) is 0.778. The lowest BCUT2D eigenvalue weighted by atomic mass is 10.1. The predicted octanol–water partition coefficient (Wildman–Crippen LogP) is 1.36. The summed E-state index contributed by atoms with van der Waals surface area (Å²) in [5.41, 5.74) is 5.24. The molecule has 1 amide bonds. The van der Waals surface area contributed by atoms with Gasteiger partial charge in [-0.1, -0.05) is 32.0 Å². The summed E-state index contributed by atoms with van der Waals surface area (Å²) in [7, 11) is 0. The molecular formula is C9H18N2OS. The number of carbonyl (C=O) groups is 1. The molecule has 0 saturated heterocycles. The fourth-order valence-corrected chi connectivity index (χ4v) is 1.20. The number of rotatable bonds is 6. The minimum absolute atomic E-state index is 0.0731. The highest BCUT2D eigenvalue weighted by molar-refractivity contribution is 7.80. The van der Waals surface area contributed by atoms with Crippen LogP contribution in [-0.2, 0) is 4.79 Å². The number of amides is 1. The van der Waals surface area contributed by atoms with Gasteiger partial charge in [-0.05, 0) is 13.3 Å². The summed E-state index contributed by atoms with van der Waals surface area (Å²) in [5.74, 6) is -0.0731. The highest BCUT2D eigenvalue weighted by atomic mass is 32.1. The molecule has 1 atom stereocenters. The fourth-order valence-electron chi connectivity index (χ4n) is 1.07. The lowest BCUT2D eigenvalue weighted by molar-refractivity contribution is -0.120. The van der Waals surface area contributed by atoms with Crippen LogP contribution >= 0.6 is 12.2 Å². The van der Waals surface area contributed by atoms with Gasteiger partial charge in [0.25, 0.3) is 0 Å². The molecule has 0 aliphatic carbocycles. The van der Waals surface area contributed by atoms with Gasteiger partial charge in [-0.25, -0.2) is 0 Å². The normalized spacial score (nSPS) is 12.2. The summed E-state index contributed by atoms with van der Waals surface area (Å²) in [6, 6.07) is 0.224. The maximum atomic E-state index is 11.1. The quantitative estimate of drug-likeness (QED) is 0.639. The molecule has 3 N–H and O–H groups in total. The van der Waals surface area contributed by atoms with Crippen LogP contribution in [0.4, 0.5) is 0 Å². The van der Waals surface area contributed by atoms with Crippen molar-refractivity contribution in [3.05, 3.63) is 0 Å². The topological polar surface area (TPSA) is 55.1 Å². The number of unbranched alkanes of at least 4 members (excludes halogenated alkanes) is 1. The van der Waals surface area contributed by atoms with E-state index in [1.807, 2.05) is 6.92 Å². The highest BCUT2D eigenvalue weighted by Gasteiger charge is 2.07. The van der Waals surface area contributed by atoms with E-state index in [1.165, 1.54) is 0 Å². The first kappa shape index (κ1) is 12.4. The van der Waals surface area contributed by atoms with Crippen LogP contribution in [0.25, 0.3) is 0 Å². The van der Waals surface area contributed by atoms with Gasteiger partial charge >= 0.3 is 0 Å². The molecule has 0 aromatic carbocycles. The average Bonchev–Trinajstić information content (AvgIpc) is 1.98. The van der Waals surface area contributed by atoms with Gasteiger partial charge in [-0.15, -0.1) is 0 Å². The van der Waals surface area contributed by atoms with Gasteiger partial charge < -0.3 is 11.1 Å². The first-order chi connectivity index (χ1) is 6.06. The Morgan fingerprint density at radius 2 is 2.23 bits per heavy atom. The first-order valence-electron chi connectivity index (χ1n) is 4.64. The van der Waals surface area contributed by atoms with E-state index in [4.69, 9.17) is 5.73 Å². The van der Waals surface area contributed by atoms with E-state index in [0.29, 0.717) is 0 Å². The standard InChI is InChI=1S/C9H18N2OS/c1-3-4-5-7(2)11-9(12)6-8(10)13/h7H,3-6H2,1-2H3,(H2,10,13)(H,11,12). The van der Waals surface area contributed by atoms with Crippen molar-refractivity contribution in [3.63, 3.8) is 0 Å². The number of hydrogen-bond acceptors (Lipinski definition) is 2. The maximum absolute atomic E-state index is 11.1. The predicted molar refractivity (Wildman–Crippen MR) is 58.5 cm³/mol. The Labute approximate surface area is 85.1 Å². The monoisotopic (exact) mass is 202 g/mol. The highest BCUT2D eigenvalue weighted by Crippen LogP contribution is 1.99. The van der Waals surface area contributed by atoms with Crippen LogP contribution in [0.3, 0.4) is 0 Å². The Bertz CT molecular complexity index is 182. The molecule has 3 nitrogen and oxygen atoms in total. The molecule has 0 aromatic rings. The zero-order valence-corrected chi connectivity index (χ0v) is 9.12. The summed E-state index contributed by atoms with van der Waals surface area (Å²) in [4.78, 5) is 11.4. The largest absolute Gasteiger partial charge is 0.393 e. The third-order valence-corrected chi connectivity index (χ3v) is 1.88. The lowest BCUT2D eigenvalue weighted by Gasteiger charge is -2.12. The molecule has 13 heavy (non-hydrogen) atoms. The molecule has 0 aliphatic heterocycles. The number of nitrogens with one attached hydrogen (secondary N) is 1. The van der Waals surface area contributed by atoms with Crippen molar-refractivity contribution in [2.45, 2.75) is 45.6 Å². The molecule has 0 rings (SSSR count). The van der Waals surface area contributed by atoms with Gasteiger partial charge in [0.1, 0.15) is 0 Å². The maximum Gasteiger partial charge on any atom is 0.227 e. The van der Waals surface area contributed by atoms with E-state index >= 15 is 0 Å². The van der Waals surface area contributed by atoms with Crippen molar-refractivity contribution in [1.29, 1.82) is 0 Å². The van der Waals surface area contributed by atoms with Crippen LogP contribution in [-0.4, -0.2) is 16.9 Å². The molecule has 0 spiro atoms. The zero-order valence-electron chi connectivity index (χ0n) is 8.30. The molecule has 0 fully saturated rings.